The average molecular weight is 235 g/mol. The van der Waals surface area contributed by atoms with Gasteiger partial charge in [-0.3, -0.25) is 9.48 Å². The summed E-state index contributed by atoms with van der Waals surface area (Å²) < 4.78 is 37.6. The molecule has 0 aliphatic carbocycles. The monoisotopic (exact) mass is 235 g/mol. The van der Waals surface area contributed by atoms with Crippen LogP contribution in [0.15, 0.2) is 12.3 Å². The van der Waals surface area contributed by atoms with Crippen molar-refractivity contribution in [1.29, 1.82) is 0 Å². The van der Waals surface area contributed by atoms with Gasteiger partial charge in [0.25, 0.3) is 0 Å². The standard InChI is InChI=1S/C9H12F3N3O/c1-3-14(2)8(16)6-15-5-4-7(13-15)9(10,11)12/h4-5H,3,6H2,1-2H3. The smallest absolute Gasteiger partial charge is 0.344 e. The molecule has 7 heteroatoms. The average Bonchev–Trinajstić information content (AvgIpc) is 2.64. The van der Waals surface area contributed by atoms with Crippen LogP contribution in [0.25, 0.3) is 0 Å². The molecule has 0 saturated carbocycles. The van der Waals surface area contributed by atoms with E-state index in [1.165, 1.54) is 4.90 Å². The molecule has 0 atom stereocenters. The molecule has 16 heavy (non-hydrogen) atoms. The van der Waals surface area contributed by atoms with Crippen molar-refractivity contribution in [3.8, 4) is 0 Å². The molecule has 0 saturated heterocycles. The second kappa shape index (κ2) is 4.54. The minimum atomic E-state index is -4.47. The molecule has 0 spiro atoms. The molecule has 4 nitrogen and oxygen atoms in total. The fourth-order valence-corrected chi connectivity index (χ4v) is 1.04. The van der Waals surface area contributed by atoms with Crippen molar-refractivity contribution in [3.63, 3.8) is 0 Å². The van der Waals surface area contributed by atoms with E-state index in [1.807, 2.05) is 0 Å². The van der Waals surface area contributed by atoms with Crippen LogP contribution in [0.5, 0.6) is 0 Å². The minimum absolute atomic E-state index is 0.180. The lowest BCUT2D eigenvalue weighted by Gasteiger charge is -2.13. The molecule has 1 rings (SSSR count). The molecule has 1 heterocycles. The van der Waals surface area contributed by atoms with Crippen molar-refractivity contribution in [2.75, 3.05) is 13.6 Å². The van der Waals surface area contributed by atoms with Crippen LogP contribution in [0.1, 0.15) is 12.6 Å². The summed E-state index contributed by atoms with van der Waals surface area (Å²) >= 11 is 0. The molecule has 1 amide bonds. The van der Waals surface area contributed by atoms with Crippen LogP contribution < -0.4 is 0 Å². The molecular weight excluding hydrogens is 223 g/mol. The molecule has 1 aromatic heterocycles. The van der Waals surface area contributed by atoms with Crippen molar-refractivity contribution in [3.05, 3.63) is 18.0 Å². The molecule has 0 aliphatic rings. The highest BCUT2D eigenvalue weighted by Crippen LogP contribution is 2.27. The van der Waals surface area contributed by atoms with E-state index in [0.717, 1.165) is 16.9 Å². The second-order valence-corrected chi connectivity index (χ2v) is 3.30. The zero-order valence-corrected chi connectivity index (χ0v) is 8.95. The van der Waals surface area contributed by atoms with Crippen LogP contribution in [0, 0.1) is 0 Å². The zero-order valence-electron chi connectivity index (χ0n) is 8.95. The van der Waals surface area contributed by atoms with E-state index in [1.54, 1.807) is 14.0 Å². The third-order valence-corrected chi connectivity index (χ3v) is 2.13. The van der Waals surface area contributed by atoms with Gasteiger partial charge in [0.05, 0.1) is 0 Å². The van der Waals surface area contributed by atoms with Crippen LogP contribution in [-0.4, -0.2) is 34.2 Å². The zero-order chi connectivity index (χ0) is 12.3. The minimum Gasteiger partial charge on any atom is -0.344 e. The summed E-state index contributed by atoms with van der Waals surface area (Å²) in [7, 11) is 1.58. The Labute approximate surface area is 90.6 Å². The number of nitrogens with zero attached hydrogens (tertiary/aromatic N) is 3. The number of amides is 1. The summed E-state index contributed by atoms with van der Waals surface area (Å²) in [5, 5.41) is 3.28. The third kappa shape index (κ3) is 2.98. The quantitative estimate of drug-likeness (QED) is 0.793. The van der Waals surface area contributed by atoms with Crippen LogP contribution in [0.2, 0.25) is 0 Å². The summed E-state index contributed by atoms with van der Waals surface area (Å²) in [4.78, 5) is 12.8. The highest BCUT2D eigenvalue weighted by molar-refractivity contribution is 5.75. The lowest BCUT2D eigenvalue weighted by molar-refractivity contribution is -0.142. The van der Waals surface area contributed by atoms with Gasteiger partial charge in [-0.2, -0.15) is 18.3 Å². The molecule has 0 N–H and O–H groups in total. The van der Waals surface area contributed by atoms with Gasteiger partial charge in [0.1, 0.15) is 6.54 Å². The van der Waals surface area contributed by atoms with E-state index in [0.29, 0.717) is 6.54 Å². The number of hydrogen-bond acceptors (Lipinski definition) is 2. The molecule has 0 aromatic carbocycles. The summed E-state index contributed by atoms with van der Waals surface area (Å²) in [5.41, 5.74) is -0.987. The number of rotatable bonds is 3. The van der Waals surface area contributed by atoms with E-state index in [2.05, 4.69) is 5.10 Å². The molecule has 90 valence electrons. The Kier molecular flexibility index (Phi) is 3.56. The Morgan fingerprint density at radius 1 is 1.56 bits per heavy atom. The predicted octanol–water partition coefficient (Wildman–Crippen LogP) is 1.38. The van der Waals surface area contributed by atoms with Gasteiger partial charge in [0.2, 0.25) is 5.91 Å². The molecule has 0 radical (unpaired) electrons. The Bertz CT molecular complexity index is 372. The van der Waals surface area contributed by atoms with E-state index in [-0.39, 0.29) is 12.5 Å². The first kappa shape index (κ1) is 12.5. The molecule has 0 bridgehead atoms. The lowest BCUT2D eigenvalue weighted by atomic mass is 10.4. The number of carbonyl (C=O) groups excluding carboxylic acids is 1. The van der Waals surface area contributed by atoms with Crippen molar-refractivity contribution >= 4 is 5.91 Å². The summed E-state index contributed by atoms with van der Waals surface area (Å²) in [6, 6.07) is 0.846. The van der Waals surface area contributed by atoms with Crippen molar-refractivity contribution in [2.24, 2.45) is 0 Å². The first-order valence-corrected chi connectivity index (χ1v) is 4.69. The van der Waals surface area contributed by atoms with Crippen molar-refractivity contribution in [2.45, 2.75) is 19.6 Å². The van der Waals surface area contributed by atoms with E-state index in [9.17, 15) is 18.0 Å². The number of halogens is 3. The lowest BCUT2D eigenvalue weighted by Crippen LogP contribution is -2.30. The first-order valence-electron chi connectivity index (χ1n) is 4.69. The summed E-state index contributed by atoms with van der Waals surface area (Å²) in [6.07, 6.45) is -3.32. The molecule has 0 unspecified atom stereocenters. The Morgan fingerprint density at radius 2 is 2.19 bits per heavy atom. The van der Waals surface area contributed by atoms with Crippen LogP contribution >= 0.6 is 0 Å². The molecule has 0 fully saturated rings. The summed E-state index contributed by atoms with van der Waals surface area (Å²) in [6.45, 7) is 2.11. The van der Waals surface area contributed by atoms with Gasteiger partial charge in [-0.05, 0) is 13.0 Å². The molecule has 1 aromatic rings. The van der Waals surface area contributed by atoms with Crippen LogP contribution in [0.3, 0.4) is 0 Å². The van der Waals surface area contributed by atoms with Gasteiger partial charge in [-0.1, -0.05) is 0 Å². The maximum atomic E-state index is 12.2. The SMILES string of the molecule is CCN(C)C(=O)Cn1ccc(C(F)(F)F)n1. The maximum Gasteiger partial charge on any atom is 0.435 e. The Hall–Kier alpha value is -1.53. The van der Waals surface area contributed by atoms with E-state index in [4.69, 9.17) is 0 Å². The van der Waals surface area contributed by atoms with Gasteiger partial charge < -0.3 is 4.90 Å². The van der Waals surface area contributed by atoms with Gasteiger partial charge in [-0.25, -0.2) is 0 Å². The predicted molar refractivity (Wildman–Crippen MR) is 50.5 cm³/mol. The molecule has 0 aliphatic heterocycles. The number of likely N-dealkylation sites (N-methyl/N-ethyl adjacent to an activating group) is 1. The van der Waals surface area contributed by atoms with Crippen molar-refractivity contribution < 1.29 is 18.0 Å². The third-order valence-electron chi connectivity index (χ3n) is 2.13. The van der Waals surface area contributed by atoms with E-state index < -0.39 is 11.9 Å². The van der Waals surface area contributed by atoms with Gasteiger partial charge in [0, 0.05) is 19.8 Å². The second-order valence-electron chi connectivity index (χ2n) is 3.30. The topological polar surface area (TPSA) is 38.1 Å². The van der Waals surface area contributed by atoms with Crippen LogP contribution in [0.4, 0.5) is 13.2 Å². The summed E-state index contributed by atoms with van der Waals surface area (Å²) in [5.74, 6) is -0.278. The Balaban J connectivity index is 2.70. The van der Waals surface area contributed by atoms with Gasteiger partial charge >= 0.3 is 6.18 Å². The number of aromatic nitrogens is 2. The number of carbonyl (C=O) groups is 1. The van der Waals surface area contributed by atoms with Crippen LogP contribution in [-0.2, 0) is 17.5 Å². The molecular formula is C9H12F3N3O. The fraction of sp³-hybridized carbons (Fsp3) is 0.556. The largest absolute Gasteiger partial charge is 0.435 e. The van der Waals surface area contributed by atoms with E-state index >= 15 is 0 Å². The fourth-order valence-electron chi connectivity index (χ4n) is 1.04. The maximum absolute atomic E-state index is 12.2. The number of hydrogen-bond donors (Lipinski definition) is 0. The van der Waals surface area contributed by atoms with Crippen molar-refractivity contribution in [1.82, 2.24) is 14.7 Å². The number of alkyl halides is 3. The highest BCUT2D eigenvalue weighted by Gasteiger charge is 2.33. The normalized spacial score (nSPS) is 11.6. The van der Waals surface area contributed by atoms with Gasteiger partial charge in [-0.15, -0.1) is 0 Å². The highest BCUT2D eigenvalue weighted by atomic mass is 19.4. The Morgan fingerprint density at radius 3 is 2.62 bits per heavy atom. The van der Waals surface area contributed by atoms with Gasteiger partial charge in [0.15, 0.2) is 5.69 Å². The first-order chi connectivity index (χ1) is 7.34.